The van der Waals surface area contributed by atoms with Crippen molar-refractivity contribution in [3.63, 3.8) is 0 Å². The van der Waals surface area contributed by atoms with E-state index in [0.29, 0.717) is 31.6 Å². The van der Waals surface area contributed by atoms with E-state index >= 15 is 0 Å². The van der Waals surface area contributed by atoms with Crippen molar-refractivity contribution in [1.82, 2.24) is 0 Å². The van der Waals surface area contributed by atoms with Gasteiger partial charge in [-0.2, -0.15) is 0 Å². The third-order valence-electron chi connectivity index (χ3n) is 16.9. The van der Waals surface area contributed by atoms with Crippen LogP contribution in [-0.2, 0) is 65.4 Å². The Bertz CT molecular complexity index is 1800. The number of aliphatic hydroxyl groups excluding tert-OH is 1. The number of hydrogen-bond acceptors (Lipinski definition) is 15. The maximum Gasteiger partial charge on any atom is 0.472 e. The summed E-state index contributed by atoms with van der Waals surface area (Å²) in [7, 11) is -9.90. The molecule has 0 aromatic rings. The van der Waals surface area contributed by atoms with Crippen molar-refractivity contribution in [3.05, 3.63) is 0 Å². The summed E-state index contributed by atoms with van der Waals surface area (Å²) in [6.07, 6.45) is 48.8. The molecule has 0 heterocycles. The van der Waals surface area contributed by atoms with Gasteiger partial charge < -0.3 is 33.8 Å². The molecule has 0 saturated heterocycles. The molecule has 0 radical (unpaired) electrons. The fraction of sp³-hybridized carbons (Fsp3) is 0.945. The average Bonchev–Trinajstić information content (AvgIpc) is 1.67. The number of unbranched alkanes of at least 4 members (excludes halogenated alkanes) is 39. The van der Waals surface area contributed by atoms with Gasteiger partial charge in [-0.1, -0.05) is 318 Å². The van der Waals surface area contributed by atoms with Crippen LogP contribution in [0.3, 0.4) is 0 Å². The van der Waals surface area contributed by atoms with Crippen LogP contribution in [-0.4, -0.2) is 96.7 Å². The number of phosphoric acid groups is 2. The number of ether oxygens (including phenoxy) is 4. The number of aliphatic hydroxyl groups is 1. The van der Waals surface area contributed by atoms with E-state index < -0.39 is 97.5 Å². The number of phosphoric ester groups is 2. The van der Waals surface area contributed by atoms with Gasteiger partial charge in [0, 0.05) is 25.7 Å². The molecular formula is C73H142O17P2. The van der Waals surface area contributed by atoms with Crippen LogP contribution in [0.1, 0.15) is 370 Å². The Balaban J connectivity index is 5.20. The predicted molar refractivity (Wildman–Crippen MR) is 372 cm³/mol. The number of carbonyl (C=O) groups excluding carboxylic acids is 4. The van der Waals surface area contributed by atoms with Gasteiger partial charge in [0.25, 0.3) is 0 Å². The zero-order valence-electron chi connectivity index (χ0n) is 60.0. The summed E-state index contributed by atoms with van der Waals surface area (Å²) < 4.78 is 68.3. The normalized spacial score (nSPS) is 14.1. The van der Waals surface area contributed by atoms with Gasteiger partial charge in [0.2, 0.25) is 0 Å². The van der Waals surface area contributed by atoms with Crippen molar-refractivity contribution in [3.8, 4) is 0 Å². The van der Waals surface area contributed by atoms with Crippen molar-refractivity contribution in [1.29, 1.82) is 0 Å². The van der Waals surface area contributed by atoms with Crippen LogP contribution in [0.25, 0.3) is 0 Å². The summed E-state index contributed by atoms with van der Waals surface area (Å²) >= 11 is 0. The summed E-state index contributed by atoms with van der Waals surface area (Å²) in [6, 6.07) is 0. The number of hydrogen-bond donors (Lipinski definition) is 3. The van der Waals surface area contributed by atoms with E-state index in [0.717, 1.165) is 108 Å². The Morgan fingerprint density at radius 1 is 0.293 bits per heavy atom. The lowest BCUT2D eigenvalue weighted by Gasteiger charge is -2.21. The van der Waals surface area contributed by atoms with E-state index in [2.05, 4.69) is 48.5 Å². The smallest absolute Gasteiger partial charge is 0.462 e. The molecule has 19 heteroatoms. The molecule has 5 atom stereocenters. The number of rotatable bonds is 71. The van der Waals surface area contributed by atoms with Crippen LogP contribution in [0.15, 0.2) is 0 Å². The van der Waals surface area contributed by atoms with E-state index in [4.69, 9.17) is 37.0 Å². The van der Waals surface area contributed by atoms with Gasteiger partial charge >= 0.3 is 39.5 Å². The monoisotopic (exact) mass is 1350 g/mol. The Morgan fingerprint density at radius 3 is 0.739 bits per heavy atom. The van der Waals surface area contributed by atoms with E-state index in [9.17, 15) is 43.2 Å². The summed E-state index contributed by atoms with van der Waals surface area (Å²) in [6.45, 7) is 11.8. The zero-order chi connectivity index (χ0) is 68.0. The number of carbonyl (C=O) groups is 4. The Kier molecular flexibility index (Phi) is 62.4. The van der Waals surface area contributed by atoms with E-state index in [1.54, 1.807) is 0 Å². The summed E-state index contributed by atoms with van der Waals surface area (Å²) in [5.41, 5.74) is 0. The molecule has 2 unspecified atom stereocenters. The molecule has 0 aromatic carbocycles. The van der Waals surface area contributed by atoms with Crippen molar-refractivity contribution < 1.29 is 80.2 Å². The van der Waals surface area contributed by atoms with Gasteiger partial charge in [0.1, 0.15) is 19.3 Å². The first-order chi connectivity index (χ1) is 44.2. The average molecular weight is 1350 g/mol. The maximum atomic E-state index is 13.1. The molecule has 0 saturated carbocycles. The van der Waals surface area contributed by atoms with Gasteiger partial charge in [-0.25, -0.2) is 9.13 Å². The third kappa shape index (κ3) is 66.7. The van der Waals surface area contributed by atoms with Gasteiger partial charge in [-0.05, 0) is 43.4 Å². The second-order valence-electron chi connectivity index (χ2n) is 27.8. The summed E-state index contributed by atoms with van der Waals surface area (Å²) in [5, 5.41) is 10.6. The molecule has 0 aromatic heterocycles. The van der Waals surface area contributed by atoms with Crippen LogP contribution in [0.5, 0.6) is 0 Å². The first-order valence-corrected chi connectivity index (χ1v) is 40.8. The minimum Gasteiger partial charge on any atom is -0.462 e. The molecule has 0 bridgehead atoms. The van der Waals surface area contributed by atoms with Crippen LogP contribution >= 0.6 is 15.6 Å². The van der Waals surface area contributed by atoms with Crippen LogP contribution in [0.2, 0.25) is 0 Å². The van der Waals surface area contributed by atoms with Crippen LogP contribution < -0.4 is 0 Å². The second-order valence-corrected chi connectivity index (χ2v) is 30.7. The van der Waals surface area contributed by atoms with Gasteiger partial charge in [0.05, 0.1) is 26.4 Å². The molecule has 17 nitrogen and oxygen atoms in total. The molecule has 0 amide bonds. The highest BCUT2D eigenvalue weighted by atomic mass is 31.2. The Morgan fingerprint density at radius 2 is 0.500 bits per heavy atom. The summed E-state index contributed by atoms with van der Waals surface area (Å²) in [5.74, 6) is 0.163. The molecule has 3 N–H and O–H groups in total. The van der Waals surface area contributed by atoms with Crippen molar-refractivity contribution in [2.75, 3.05) is 39.6 Å². The molecule has 0 rings (SSSR count). The SMILES string of the molecule is CCCCCCCCCCC(=O)OC[C@H](COP(=O)(O)OC[C@H](O)COP(=O)(O)OC[C@@H](COC(=O)CCCCCCCCCCCCCCCC(C)C)OC(=O)CCCCCCCCCCCCCCCCCC(C)C)OC(=O)CCCCCCCCCC(C)C. The molecule has 0 aliphatic rings. The van der Waals surface area contributed by atoms with E-state index in [1.165, 1.54) is 173 Å². The fourth-order valence-corrected chi connectivity index (χ4v) is 12.7. The Hall–Kier alpha value is -1.94. The topological polar surface area (TPSA) is 237 Å². The highest BCUT2D eigenvalue weighted by Gasteiger charge is 2.30. The first-order valence-electron chi connectivity index (χ1n) is 37.8. The molecule has 0 aliphatic carbocycles. The second kappa shape index (κ2) is 63.8. The largest absolute Gasteiger partial charge is 0.472 e. The van der Waals surface area contributed by atoms with E-state index in [1.807, 2.05) is 0 Å². The van der Waals surface area contributed by atoms with Crippen molar-refractivity contribution >= 4 is 39.5 Å². The quantitative estimate of drug-likeness (QED) is 0.0222. The lowest BCUT2D eigenvalue weighted by Crippen LogP contribution is -2.30. The minimum absolute atomic E-state index is 0.103. The van der Waals surface area contributed by atoms with E-state index in [-0.39, 0.29) is 25.7 Å². The molecule has 546 valence electrons. The first kappa shape index (κ1) is 90.1. The highest BCUT2D eigenvalue weighted by molar-refractivity contribution is 7.47. The molecule has 0 aliphatic heterocycles. The number of esters is 4. The lowest BCUT2D eigenvalue weighted by atomic mass is 10.0. The molecule has 0 fully saturated rings. The van der Waals surface area contributed by atoms with Crippen LogP contribution in [0, 0.1) is 17.8 Å². The molecule has 92 heavy (non-hydrogen) atoms. The van der Waals surface area contributed by atoms with Crippen molar-refractivity contribution in [2.24, 2.45) is 17.8 Å². The van der Waals surface area contributed by atoms with Gasteiger partial charge in [0.15, 0.2) is 12.2 Å². The van der Waals surface area contributed by atoms with Crippen LogP contribution in [0.4, 0.5) is 0 Å². The van der Waals surface area contributed by atoms with Crippen molar-refractivity contribution in [2.45, 2.75) is 388 Å². The Labute approximate surface area is 562 Å². The fourth-order valence-electron chi connectivity index (χ4n) is 11.1. The third-order valence-corrected chi connectivity index (χ3v) is 18.8. The maximum absolute atomic E-state index is 13.1. The van der Waals surface area contributed by atoms with Gasteiger partial charge in [-0.3, -0.25) is 37.3 Å². The zero-order valence-corrected chi connectivity index (χ0v) is 61.8. The lowest BCUT2D eigenvalue weighted by molar-refractivity contribution is -0.161. The standard InChI is InChI=1S/C73H142O17P2/c1-8-9-10-11-12-33-40-47-54-70(75)83-60-69(90-73(78)57-50-43-36-29-32-39-46-53-66(6)7)63-88-92(81,82)86-59-67(74)58-85-91(79,80)87-62-68(61-84-71(76)55-48-41-34-27-23-20-16-18-22-26-31-38-45-52-65(4)5)89-72(77)56-49-42-35-28-24-19-15-13-14-17-21-25-30-37-44-51-64(2)3/h64-69,74H,8-63H2,1-7H3,(H,79,80)(H,81,82)/t67-,68-,69-/m1/s1. The van der Waals surface area contributed by atoms with Gasteiger partial charge in [-0.15, -0.1) is 0 Å². The minimum atomic E-state index is -4.95. The summed E-state index contributed by atoms with van der Waals surface area (Å²) in [4.78, 5) is 72.5. The molecular weight excluding hydrogens is 1210 g/mol. The highest BCUT2D eigenvalue weighted by Crippen LogP contribution is 2.45. The molecule has 0 spiro atoms. The predicted octanol–water partition coefficient (Wildman–Crippen LogP) is 21.0.